The predicted octanol–water partition coefficient (Wildman–Crippen LogP) is 2.40. The van der Waals surface area contributed by atoms with Crippen LogP contribution >= 0.6 is 0 Å². The Morgan fingerprint density at radius 2 is 1.72 bits per heavy atom. The first-order valence-electron chi connectivity index (χ1n) is 8.12. The van der Waals surface area contributed by atoms with E-state index in [1.54, 1.807) is 12.1 Å². The number of anilines is 1. The molecule has 0 aromatic heterocycles. The van der Waals surface area contributed by atoms with Gasteiger partial charge in [-0.2, -0.15) is 0 Å². The van der Waals surface area contributed by atoms with Gasteiger partial charge in [-0.25, -0.2) is 13.1 Å². The summed E-state index contributed by atoms with van der Waals surface area (Å²) in [6.45, 7) is 2.28. The van der Waals surface area contributed by atoms with Gasteiger partial charge >= 0.3 is 0 Å². The minimum Gasteiger partial charge on any atom is -0.326 e. The summed E-state index contributed by atoms with van der Waals surface area (Å²) in [6.07, 6.45) is 0.858. The molecule has 2 aromatic rings. The minimum atomic E-state index is -3.51. The van der Waals surface area contributed by atoms with Crippen molar-refractivity contribution in [3.8, 4) is 0 Å². The molecule has 0 aliphatic heterocycles. The van der Waals surface area contributed by atoms with Gasteiger partial charge in [0.2, 0.25) is 15.9 Å². The van der Waals surface area contributed by atoms with Gasteiger partial charge in [0.1, 0.15) is 0 Å². The number of carbonyl (C=O) groups excluding carboxylic acids is 1. The lowest BCUT2D eigenvalue weighted by molar-refractivity contribution is -0.116. The largest absolute Gasteiger partial charge is 0.326 e. The number of nitrogens with one attached hydrogen (secondary N) is 2. The maximum Gasteiger partial charge on any atom is 0.240 e. The van der Waals surface area contributed by atoms with Crippen molar-refractivity contribution in [3.63, 3.8) is 0 Å². The average molecular weight is 361 g/mol. The predicted molar refractivity (Wildman–Crippen MR) is 98.5 cm³/mol. The summed E-state index contributed by atoms with van der Waals surface area (Å²) in [5.74, 6) is -0.226. The molecule has 134 valence electrons. The van der Waals surface area contributed by atoms with Crippen molar-refractivity contribution < 1.29 is 13.2 Å². The molecule has 1 atom stereocenters. The van der Waals surface area contributed by atoms with Gasteiger partial charge in [0.15, 0.2) is 0 Å². The second-order valence-electron chi connectivity index (χ2n) is 5.69. The number of hydrogen-bond donors (Lipinski definition) is 3. The third kappa shape index (κ3) is 5.67. The first-order valence-corrected chi connectivity index (χ1v) is 9.61. The van der Waals surface area contributed by atoms with Crippen molar-refractivity contribution in [2.24, 2.45) is 5.73 Å². The maximum absolute atomic E-state index is 12.1. The highest BCUT2D eigenvalue weighted by Gasteiger charge is 2.14. The van der Waals surface area contributed by atoms with E-state index in [4.69, 9.17) is 5.73 Å². The summed E-state index contributed by atoms with van der Waals surface area (Å²) in [4.78, 5) is 12.3. The van der Waals surface area contributed by atoms with Crippen molar-refractivity contribution in [2.45, 2.75) is 30.7 Å². The molecule has 0 bridgehead atoms. The molecule has 25 heavy (non-hydrogen) atoms. The van der Waals surface area contributed by atoms with Crippen LogP contribution in [0.1, 0.15) is 31.4 Å². The number of sulfonamides is 1. The van der Waals surface area contributed by atoms with E-state index in [1.165, 1.54) is 12.1 Å². The summed E-state index contributed by atoms with van der Waals surface area (Å²) in [7, 11) is -3.51. The van der Waals surface area contributed by atoms with Crippen molar-refractivity contribution in [3.05, 3.63) is 60.2 Å². The minimum absolute atomic E-state index is 0.141. The second-order valence-corrected chi connectivity index (χ2v) is 7.46. The summed E-state index contributed by atoms with van der Waals surface area (Å²) < 4.78 is 26.5. The van der Waals surface area contributed by atoms with Gasteiger partial charge in [0.05, 0.1) is 4.90 Å². The molecule has 0 aliphatic rings. The lowest BCUT2D eigenvalue weighted by atomic mass is 10.0. The summed E-state index contributed by atoms with van der Waals surface area (Å²) in [5, 5.41) is 2.73. The Morgan fingerprint density at radius 3 is 2.32 bits per heavy atom. The van der Waals surface area contributed by atoms with Gasteiger partial charge in [-0.3, -0.25) is 4.79 Å². The Kier molecular flexibility index (Phi) is 6.69. The molecule has 0 radical (unpaired) electrons. The first kappa shape index (κ1) is 19.1. The van der Waals surface area contributed by atoms with E-state index in [1.807, 2.05) is 37.3 Å². The van der Waals surface area contributed by atoms with E-state index >= 15 is 0 Å². The smallest absolute Gasteiger partial charge is 0.240 e. The molecule has 1 amide bonds. The maximum atomic E-state index is 12.1. The Labute approximate surface area is 148 Å². The van der Waals surface area contributed by atoms with Crippen LogP contribution in [0.15, 0.2) is 59.5 Å². The van der Waals surface area contributed by atoms with Gasteiger partial charge in [0.25, 0.3) is 0 Å². The highest BCUT2D eigenvalue weighted by atomic mass is 32.2. The quantitative estimate of drug-likeness (QED) is 0.672. The fraction of sp³-hybridized carbons (Fsp3) is 0.278. The summed E-state index contributed by atoms with van der Waals surface area (Å²) >= 11 is 0. The van der Waals surface area contributed by atoms with Crippen molar-refractivity contribution >= 4 is 21.6 Å². The Morgan fingerprint density at radius 1 is 1.08 bits per heavy atom. The van der Waals surface area contributed by atoms with Gasteiger partial charge in [-0.15, -0.1) is 0 Å². The monoisotopic (exact) mass is 361 g/mol. The molecule has 2 rings (SSSR count). The van der Waals surface area contributed by atoms with Crippen LogP contribution in [0.25, 0.3) is 0 Å². The summed E-state index contributed by atoms with van der Waals surface area (Å²) in [6, 6.07) is 15.0. The molecule has 0 heterocycles. The molecule has 7 heteroatoms. The van der Waals surface area contributed by atoms with Crippen LogP contribution in [0.3, 0.4) is 0 Å². The van der Waals surface area contributed by atoms with Crippen LogP contribution in [-0.2, 0) is 14.8 Å². The molecule has 0 saturated carbocycles. The van der Waals surface area contributed by atoms with Crippen LogP contribution in [0.5, 0.6) is 0 Å². The van der Waals surface area contributed by atoms with Gasteiger partial charge < -0.3 is 11.1 Å². The zero-order chi connectivity index (χ0) is 18.3. The molecule has 0 saturated heterocycles. The molecular formula is C18H23N3O3S. The molecule has 2 aromatic carbocycles. The van der Waals surface area contributed by atoms with Crippen LogP contribution in [0.4, 0.5) is 5.69 Å². The first-order chi connectivity index (χ1) is 11.9. The fourth-order valence-corrected chi connectivity index (χ4v) is 3.40. The second kappa shape index (κ2) is 8.75. The molecule has 1 unspecified atom stereocenters. The van der Waals surface area contributed by atoms with Crippen molar-refractivity contribution in [1.29, 1.82) is 0 Å². The Balaban J connectivity index is 1.95. The van der Waals surface area contributed by atoms with Crippen molar-refractivity contribution in [1.82, 2.24) is 4.72 Å². The molecule has 0 fully saturated rings. The van der Waals surface area contributed by atoms with Crippen LogP contribution in [0.2, 0.25) is 0 Å². The zero-order valence-electron chi connectivity index (χ0n) is 14.1. The van der Waals surface area contributed by atoms with E-state index < -0.39 is 10.0 Å². The van der Waals surface area contributed by atoms with Gasteiger partial charge in [0, 0.05) is 24.7 Å². The van der Waals surface area contributed by atoms with E-state index in [9.17, 15) is 13.2 Å². The third-order valence-electron chi connectivity index (χ3n) is 3.62. The number of amides is 1. The number of carbonyl (C=O) groups is 1. The highest BCUT2D eigenvalue weighted by Crippen LogP contribution is 2.17. The third-order valence-corrected chi connectivity index (χ3v) is 5.10. The number of hydrogen-bond acceptors (Lipinski definition) is 4. The lowest BCUT2D eigenvalue weighted by Crippen LogP contribution is -2.24. The molecule has 0 aliphatic carbocycles. The van der Waals surface area contributed by atoms with Crippen LogP contribution in [-0.4, -0.2) is 20.9 Å². The Bertz CT molecular complexity index is 790. The van der Waals surface area contributed by atoms with Crippen LogP contribution in [0, 0.1) is 0 Å². The molecular weight excluding hydrogens is 338 g/mol. The van der Waals surface area contributed by atoms with E-state index in [-0.39, 0.29) is 23.3 Å². The van der Waals surface area contributed by atoms with E-state index in [0.29, 0.717) is 12.2 Å². The summed E-state index contributed by atoms with van der Waals surface area (Å²) in [5.41, 5.74) is 7.45. The normalized spacial score (nSPS) is 12.6. The molecule has 0 spiro atoms. The SMILES string of the molecule is CCCNS(=O)(=O)c1ccc(NC(=O)CC(N)c2ccccc2)cc1. The molecule has 6 nitrogen and oxygen atoms in total. The average Bonchev–Trinajstić information content (AvgIpc) is 2.61. The number of nitrogens with two attached hydrogens (primary N) is 1. The Hall–Kier alpha value is -2.22. The highest BCUT2D eigenvalue weighted by molar-refractivity contribution is 7.89. The number of rotatable bonds is 8. The van der Waals surface area contributed by atoms with Crippen molar-refractivity contribution in [2.75, 3.05) is 11.9 Å². The fourth-order valence-electron chi connectivity index (χ4n) is 2.27. The topological polar surface area (TPSA) is 101 Å². The van der Waals surface area contributed by atoms with E-state index in [2.05, 4.69) is 10.0 Å². The van der Waals surface area contributed by atoms with Crippen LogP contribution < -0.4 is 15.8 Å². The molecule has 4 N–H and O–H groups in total. The van der Waals surface area contributed by atoms with E-state index in [0.717, 1.165) is 12.0 Å². The lowest BCUT2D eigenvalue weighted by Gasteiger charge is -2.12. The van der Waals surface area contributed by atoms with Gasteiger partial charge in [-0.1, -0.05) is 37.3 Å². The zero-order valence-corrected chi connectivity index (χ0v) is 14.9. The standard InChI is InChI=1S/C18H23N3O3S/c1-2-12-20-25(23,24)16-10-8-15(9-11-16)21-18(22)13-17(19)14-6-4-3-5-7-14/h3-11,17,20H,2,12-13,19H2,1H3,(H,21,22). The number of benzene rings is 2. The van der Waals surface area contributed by atoms with Gasteiger partial charge in [-0.05, 0) is 36.2 Å².